The second-order valence-corrected chi connectivity index (χ2v) is 3.90. The Bertz CT molecular complexity index is 667. The Balaban J connectivity index is 2.28. The predicted molar refractivity (Wildman–Crippen MR) is 68.7 cm³/mol. The van der Waals surface area contributed by atoms with Crippen molar-refractivity contribution in [2.75, 3.05) is 12.4 Å². The van der Waals surface area contributed by atoms with E-state index in [9.17, 15) is 14.9 Å². The molecule has 0 radical (unpaired) electrons. The third kappa shape index (κ3) is 2.71. The molecule has 0 aliphatic heterocycles. The summed E-state index contributed by atoms with van der Waals surface area (Å²) in [5, 5.41) is 19.4. The fourth-order valence-electron chi connectivity index (χ4n) is 1.56. The van der Waals surface area contributed by atoms with Crippen LogP contribution >= 0.6 is 0 Å². The van der Waals surface area contributed by atoms with Crippen LogP contribution in [0.2, 0.25) is 0 Å². The number of carbonyl (C=O) groups excluding carboxylic acids is 1. The average Bonchev–Trinajstić information content (AvgIpc) is 2.85. The molecule has 2 rings (SSSR count). The number of H-pyrrole nitrogens is 1. The first-order chi connectivity index (χ1) is 9.51. The molecular formula is C11H11N5O4. The normalized spacial score (nSPS) is 10.1. The summed E-state index contributed by atoms with van der Waals surface area (Å²) in [6.07, 6.45) is 0. The van der Waals surface area contributed by atoms with Crippen molar-refractivity contribution in [2.24, 2.45) is 0 Å². The van der Waals surface area contributed by atoms with Gasteiger partial charge >= 0.3 is 6.01 Å². The molecule has 0 bridgehead atoms. The van der Waals surface area contributed by atoms with Crippen LogP contribution in [0.15, 0.2) is 18.2 Å². The number of amides is 1. The smallest absolute Gasteiger partial charge is 0.336 e. The van der Waals surface area contributed by atoms with E-state index in [1.165, 1.54) is 19.2 Å². The average molecular weight is 277 g/mol. The van der Waals surface area contributed by atoms with Crippen molar-refractivity contribution in [1.29, 1.82) is 0 Å². The Hall–Kier alpha value is -2.97. The number of aromatic nitrogens is 3. The lowest BCUT2D eigenvalue weighted by atomic mass is 10.1. The van der Waals surface area contributed by atoms with Crippen LogP contribution in [0.5, 0.6) is 6.01 Å². The van der Waals surface area contributed by atoms with Crippen molar-refractivity contribution >= 4 is 17.5 Å². The number of nitro benzene ring substituents is 1. The lowest BCUT2D eigenvalue weighted by molar-refractivity contribution is -0.385. The van der Waals surface area contributed by atoms with Gasteiger partial charge in [-0.1, -0.05) is 6.07 Å². The standard InChI is InChI=1S/C11H11N5O4/c1-6-3-4-8(16(18)19)7(5-6)9(17)12-10-13-11(20-2)15-14-10/h3-5H,1-2H3,(H2,12,13,14,15,17). The number of aryl methyl sites for hydroxylation is 1. The molecule has 0 saturated heterocycles. The van der Waals surface area contributed by atoms with Gasteiger partial charge in [-0.15, -0.1) is 5.10 Å². The zero-order valence-corrected chi connectivity index (χ0v) is 10.7. The lowest BCUT2D eigenvalue weighted by Gasteiger charge is -2.03. The number of hydrogen-bond acceptors (Lipinski definition) is 6. The number of anilines is 1. The van der Waals surface area contributed by atoms with Gasteiger partial charge in [0.05, 0.1) is 12.0 Å². The summed E-state index contributed by atoms with van der Waals surface area (Å²) < 4.78 is 4.75. The highest BCUT2D eigenvalue weighted by Crippen LogP contribution is 2.20. The number of aromatic amines is 1. The molecule has 1 aromatic heterocycles. The molecule has 0 atom stereocenters. The second kappa shape index (κ2) is 5.34. The van der Waals surface area contributed by atoms with E-state index in [-0.39, 0.29) is 23.2 Å². The fourth-order valence-corrected chi connectivity index (χ4v) is 1.56. The summed E-state index contributed by atoms with van der Waals surface area (Å²) in [4.78, 5) is 26.1. The van der Waals surface area contributed by atoms with Crippen LogP contribution in [0.1, 0.15) is 15.9 Å². The number of nitro groups is 1. The number of methoxy groups -OCH3 is 1. The lowest BCUT2D eigenvalue weighted by Crippen LogP contribution is -2.15. The van der Waals surface area contributed by atoms with Gasteiger partial charge in [0.25, 0.3) is 11.6 Å². The molecule has 0 fully saturated rings. The number of nitrogens with zero attached hydrogens (tertiary/aromatic N) is 3. The summed E-state index contributed by atoms with van der Waals surface area (Å²) in [5.74, 6) is -0.609. The molecule has 0 aliphatic rings. The van der Waals surface area contributed by atoms with Gasteiger partial charge in [0.15, 0.2) is 0 Å². The zero-order chi connectivity index (χ0) is 14.7. The number of ether oxygens (including phenoxy) is 1. The largest absolute Gasteiger partial charge is 0.466 e. The minimum absolute atomic E-state index is 0.0441. The highest BCUT2D eigenvalue weighted by molar-refractivity contribution is 6.06. The number of benzene rings is 1. The van der Waals surface area contributed by atoms with Gasteiger partial charge in [0.2, 0.25) is 5.95 Å². The van der Waals surface area contributed by atoms with E-state index < -0.39 is 10.8 Å². The Labute approximate surface area is 113 Å². The van der Waals surface area contributed by atoms with Gasteiger partial charge in [0.1, 0.15) is 5.56 Å². The molecule has 0 saturated carbocycles. The van der Waals surface area contributed by atoms with Crippen LogP contribution < -0.4 is 10.1 Å². The van der Waals surface area contributed by atoms with E-state index >= 15 is 0 Å². The molecule has 104 valence electrons. The molecule has 1 heterocycles. The highest BCUT2D eigenvalue weighted by Gasteiger charge is 2.21. The molecule has 2 aromatic rings. The van der Waals surface area contributed by atoms with Gasteiger partial charge in [-0.05, 0) is 18.6 Å². The number of nitrogens with one attached hydrogen (secondary N) is 2. The van der Waals surface area contributed by atoms with Gasteiger partial charge in [-0.2, -0.15) is 4.98 Å². The summed E-state index contributed by atoms with van der Waals surface area (Å²) in [5.41, 5.74) is 0.404. The molecule has 20 heavy (non-hydrogen) atoms. The van der Waals surface area contributed by atoms with Crippen LogP contribution in [-0.2, 0) is 0 Å². The first kappa shape index (κ1) is 13.5. The fraction of sp³-hybridized carbons (Fsp3) is 0.182. The topological polar surface area (TPSA) is 123 Å². The summed E-state index contributed by atoms with van der Waals surface area (Å²) in [6, 6.07) is 4.33. The van der Waals surface area contributed by atoms with Crippen molar-refractivity contribution in [3.8, 4) is 6.01 Å². The van der Waals surface area contributed by atoms with Crippen molar-refractivity contribution < 1.29 is 14.5 Å². The second-order valence-electron chi connectivity index (χ2n) is 3.90. The molecular weight excluding hydrogens is 266 g/mol. The van der Waals surface area contributed by atoms with Crippen LogP contribution in [0.3, 0.4) is 0 Å². The van der Waals surface area contributed by atoms with Gasteiger partial charge < -0.3 is 4.74 Å². The van der Waals surface area contributed by atoms with E-state index in [4.69, 9.17) is 4.74 Å². The quantitative estimate of drug-likeness (QED) is 0.641. The zero-order valence-electron chi connectivity index (χ0n) is 10.7. The van der Waals surface area contributed by atoms with Crippen LogP contribution in [0, 0.1) is 17.0 Å². The van der Waals surface area contributed by atoms with Crippen molar-refractivity contribution in [2.45, 2.75) is 6.92 Å². The van der Waals surface area contributed by atoms with Crippen molar-refractivity contribution in [1.82, 2.24) is 15.2 Å². The van der Waals surface area contributed by atoms with Gasteiger partial charge in [-0.25, -0.2) is 5.10 Å². The minimum atomic E-state index is -0.654. The van der Waals surface area contributed by atoms with E-state index in [1.807, 2.05) is 0 Å². The Morgan fingerprint density at radius 1 is 1.50 bits per heavy atom. The summed E-state index contributed by atoms with van der Waals surface area (Å²) >= 11 is 0. The Morgan fingerprint density at radius 2 is 2.25 bits per heavy atom. The third-order valence-electron chi connectivity index (χ3n) is 2.47. The van der Waals surface area contributed by atoms with E-state index in [0.29, 0.717) is 0 Å². The molecule has 1 amide bonds. The van der Waals surface area contributed by atoms with Gasteiger partial charge in [0, 0.05) is 6.07 Å². The first-order valence-electron chi connectivity index (χ1n) is 5.54. The third-order valence-corrected chi connectivity index (χ3v) is 2.47. The molecule has 0 spiro atoms. The minimum Gasteiger partial charge on any atom is -0.466 e. The number of hydrogen-bond donors (Lipinski definition) is 2. The monoisotopic (exact) mass is 277 g/mol. The maximum absolute atomic E-state index is 12.0. The first-order valence-corrected chi connectivity index (χ1v) is 5.54. The van der Waals surface area contributed by atoms with E-state index in [0.717, 1.165) is 5.56 Å². The SMILES string of the molecule is COc1n[nH]c(NC(=O)c2cc(C)ccc2[N+](=O)[O-])n1. The maximum Gasteiger partial charge on any atom is 0.336 e. The molecule has 0 unspecified atom stereocenters. The van der Waals surface area contributed by atoms with Crippen molar-refractivity contribution in [3.05, 3.63) is 39.4 Å². The molecule has 9 heteroatoms. The highest BCUT2D eigenvalue weighted by atomic mass is 16.6. The Kier molecular flexibility index (Phi) is 3.60. The molecule has 9 nitrogen and oxygen atoms in total. The number of carbonyl (C=O) groups is 1. The maximum atomic E-state index is 12.0. The van der Waals surface area contributed by atoms with Gasteiger partial charge in [-0.3, -0.25) is 20.2 Å². The molecule has 0 aliphatic carbocycles. The van der Waals surface area contributed by atoms with Crippen molar-refractivity contribution in [3.63, 3.8) is 0 Å². The van der Waals surface area contributed by atoms with Crippen LogP contribution in [0.4, 0.5) is 11.6 Å². The summed E-state index contributed by atoms with van der Waals surface area (Å²) in [7, 11) is 1.38. The van der Waals surface area contributed by atoms with Crippen LogP contribution in [-0.4, -0.2) is 33.1 Å². The summed E-state index contributed by atoms with van der Waals surface area (Å²) in [6.45, 7) is 1.73. The van der Waals surface area contributed by atoms with E-state index in [2.05, 4.69) is 20.5 Å². The molecule has 1 aromatic carbocycles. The molecule has 2 N–H and O–H groups in total. The Morgan fingerprint density at radius 3 is 2.85 bits per heavy atom. The number of rotatable bonds is 4. The predicted octanol–water partition coefficient (Wildman–Crippen LogP) is 1.28. The van der Waals surface area contributed by atoms with Crippen LogP contribution in [0.25, 0.3) is 0 Å². The van der Waals surface area contributed by atoms with E-state index in [1.54, 1.807) is 13.0 Å².